The molecular weight excluding hydrogens is 174 g/mol. The van der Waals surface area contributed by atoms with Crippen LogP contribution in [0.1, 0.15) is 26.7 Å². The molecule has 82 valence electrons. The summed E-state index contributed by atoms with van der Waals surface area (Å²) < 4.78 is 0. The Kier molecular flexibility index (Phi) is 16.3. The SMILES string of the molecule is CC.CNC.O=CCC1C=CC=CC1. The molecule has 0 fully saturated rings. The highest BCUT2D eigenvalue weighted by Crippen LogP contribution is 2.13. The molecule has 2 nitrogen and oxygen atoms in total. The van der Waals surface area contributed by atoms with Crippen molar-refractivity contribution in [1.82, 2.24) is 5.32 Å². The number of hydrogen-bond donors (Lipinski definition) is 1. The highest BCUT2D eigenvalue weighted by Gasteiger charge is 2.02. The largest absolute Gasteiger partial charge is 0.323 e. The minimum Gasteiger partial charge on any atom is -0.323 e. The molecule has 0 aromatic carbocycles. The van der Waals surface area contributed by atoms with Crippen molar-refractivity contribution < 1.29 is 4.79 Å². The van der Waals surface area contributed by atoms with Crippen LogP contribution in [0, 0.1) is 5.92 Å². The molecule has 0 bridgehead atoms. The van der Waals surface area contributed by atoms with Crippen LogP contribution in [0.3, 0.4) is 0 Å². The van der Waals surface area contributed by atoms with E-state index in [1.807, 2.05) is 40.1 Å². The monoisotopic (exact) mass is 197 g/mol. The molecule has 1 aliphatic rings. The molecule has 1 rings (SSSR count). The van der Waals surface area contributed by atoms with E-state index < -0.39 is 0 Å². The van der Waals surface area contributed by atoms with Crippen LogP contribution in [0.15, 0.2) is 24.3 Å². The van der Waals surface area contributed by atoms with Crippen LogP contribution >= 0.6 is 0 Å². The summed E-state index contributed by atoms with van der Waals surface area (Å²) in [5.74, 6) is 0.465. The van der Waals surface area contributed by atoms with Gasteiger partial charge in [-0.2, -0.15) is 0 Å². The summed E-state index contributed by atoms with van der Waals surface area (Å²) >= 11 is 0. The van der Waals surface area contributed by atoms with Crippen LogP contribution < -0.4 is 5.32 Å². The average molecular weight is 197 g/mol. The van der Waals surface area contributed by atoms with E-state index in [1.54, 1.807) is 0 Å². The molecule has 0 amide bonds. The van der Waals surface area contributed by atoms with Crippen LogP contribution in [0.4, 0.5) is 0 Å². The van der Waals surface area contributed by atoms with E-state index in [9.17, 15) is 4.79 Å². The second-order valence-electron chi connectivity index (χ2n) is 2.71. The van der Waals surface area contributed by atoms with E-state index in [4.69, 9.17) is 0 Å². The van der Waals surface area contributed by atoms with Crippen LogP contribution in [0.5, 0.6) is 0 Å². The van der Waals surface area contributed by atoms with Gasteiger partial charge in [0.05, 0.1) is 0 Å². The summed E-state index contributed by atoms with van der Waals surface area (Å²) in [6.07, 6.45) is 10.9. The van der Waals surface area contributed by atoms with Gasteiger partial charge in [-0.05, 0) is 26.4 Å². The molecule has 2 heteroatoms. The average Bonchev–Trinajstić information content (AvgIpc) is 2.24. The summed E-state index contributed by atoms with van der Waals surface area (Å²) in [6, 6.07) is 0. The van der Waals surface area contributed by atoms with Gasteiger partial charge in [0, 0.05) is 6.42 Å². The van der Waals surface area contributed by atoms with Crippen molar-refractivity contribution in [1.29, 1.82) is 0 Å². The Balaban J connectivity index is 0. The van der Waals surface area contributed by atoms with E-state index in [2.05, 4.69) is 17.5 Å². The summed E-state index contributed by atoms with van der Waals surface area (Å²) in [4.78, 5) is 10.0. The standard InChI is InChI=1S/C8H10O.C2H7N.C2H6/c9-7-6-8-4-2-1-3-5-8;1-3-2;1-2/h1-4,7-8H,5-6H2;3H,1-2H3;1-2H3. The first kappa shape index (κ1) is 15.6. The van der Waals surface area contributed by atoms with E-state index in [-0.39, 0.29) is 0 Å². The first-order valence-corrected chi connectivity index (χ1v) is 5.20. The van der Waals surface area contributed by atoms with Crippen molar-refractivity contribution in [3.05, 3.63) is 24.3 Å². The lowest BCUT2D eigenvalue weighted by molar-refractivity contribution is -0.108. The van der Waals surface area contributed by atoms with Crippen molar-refractivity contribution in [2.45, 2.75) is 26.7 Å². The molecule has 0 aliphatic heterocycles. The summed E-state index contributed by atoms with van der Waals surface area (Å²) in [6.45, 7) is 4.00. The highest BCUT2D eigenvalue weighted by atomic mass is 16.1. The van der Waals surface area contributed by atoms with Gasteiger partial charge in [0.1, 0.15) is 6.29 Å². The first-order valence-electron chi connectivity index (χ1n) is 5.20. The van der Waals surface area contributed by atoms with Crippen LogP contribution in [-0.2, 0) is 4.79 Å². The summed E-state index contributed by atoms with van der Waals surface area (Å²) in [7, 11) is 3.75. The molecule has 0 heterocycles. The molecule has 0 radical (unpaired) electrons. The Morgan fingerprint density at radius 1 is 1.36 bits per heavy atom. The number of hydrogen-bond acceptors (Lipinski definition) is 2. The third kappa shape index (κ3) is 11.1. The second kappa shape index (κ2) is 14.6. The lowest BCUT2D eigenvalue weighted by Crippen LogP contribution is -1.96. The molecule has 1 unspecified atom stereocenters. The Bertz CT molecular complexity index is 160. The quantitative estimate of drug-likeness (QED) is 0.689. The van der Waals surface area contributed by atoms with E-state index in [0.717, 1.165) is 12.7 Å². The van der Waals surface area contributed by atoms with Crippen LogP contribution in [0.2, 0.25) is 0 Å². The molecule has 0 spiro atoms. The van der Waals surface area contributed by atoms with Gasteiger partial charge in [-0.1, -0.05) is 38.2 Å². The Labute approximate surface area is 88.1 Å². The van der Waals surface area contributed by atoms with E-state index >= 15 is 0 Å². The number of carbonyl (C=O) groups excluding carboxylic acids is 1. The zero-order chi connectivity index (χ0) is 11.2. The summed E-state index contributed by atoms with van der Waals surface area (Å²) in [5, 5.41) is 2.75. The molecule has 0 saturated carbocycles. The van der Waals surface area contributed by atoms with Gasteiger partial charge in [-0.15, -0.1) is 0 Å². The van der Waals surface area contributed by atoms with E-state index in [0.29, 0.717) is 12.3 Å². The fourth-order valence-electron chi connectivity index (χ4n) is 0.930. The lowest BCUT2D eigenvalue weighted by Gasteiger charge is -2.06. The zero-order valence-corrected chi connectivity index (χ0v) is 9.79. The Morgan fingerprint density at radius 3 is 2.29 bits per heavy atom. The Morgan fingerprint density at radius 2 is 1.93 bits per heavy atom. The van der Waals surface area contributed by atoms with Gasteiger partial charge in [0.15, 0.2) is 0 Å². The van der Waals surface area contributed by atoms with Gasteiger partial charge in [0.2, 0.25) is 0 Å². The lowest BCUT2D eigenvalue weighted by atomic mass is 9.98. The van der Waals surface area contributed by atoms with Crippen molar-refractivity contribution in [2.75, 3.05) is 14.1 Å². The normalized spacial score (nSPS) is 17.3. The molecule has 1 aliphatic carbocycles. The predicted octanol–water partition coefficient (Wildman–Crippen LogP) is 2.57. The van der Waals surface area contributed by atoms with Crippen molar-refractivity contribution in [3.63, 3.8) is 0 Å². The fourth-order valence-corrected chi connectivity index (χ4v) is 0.930. The smallest absolute Gasteiger partial charge is 0.120 e. The maximum atomic E-state index is 10.0. The number of rotatable bonds is 2. The number of carbonyl (C=O) groups is 1. The maximum Gasteiger partial charge on any atom is 0.120 e. The molecule has 0 saturated heterocycles. The van der Waals surface area contributed by atoms with Crippen LogP contribution in [0.25, 0.3) is 0 Å². The van der Waals surface area contributed by atoms with Gasteiger partial charge in [-0.25, -0.2) is 0 Å². The molecular formula is C12H23NO. The second-order valence-corrected chi connectivity index (χ2v) is 2.71. The van der Waals surface area contributed by atoms with Gasteiger partial charge in [-0.3, -0.25) is 0 Å². The van der Waals surface area contributed by atoms with Crippen LogP contribution in [-0.4, -0.2) is 20.4 Å². The minimum absolute atomic E-state index is 0.465. The van der Waals surface area contributed by atoms with E-state index in [1.165, 1.54) is 0 Å². The topological polar surface area (TPSA) is 29.1 Å². The number of allylic oxidation sites excluding steroid dienone is 4. The molecule has 14 heavy (non-hydrogen) atoms. The maximum absolute atomic E-state index is 10.0. The van der Waals surface area contributed by atoms with Gasteiger partial charge >= 0.3 is 0 Å². The Hall–Kier alpha value is -0.890. The predicted molar refractivity (Wildman–Crippen MR) is 63.4 cm³/mol. The summed E-state index contributed by atoms with van der Waals surface area (Å²) in [5.41, 5.74) is 0. The van der Waals surface area contributed by atoms with Crippen molar-refractivity contribution in [2.24, 2.45) is 5.92 Å². The van der Waals surface area contributed by atoms with Gasteiger partial charge < -0.3 is 10.1 Å². The molecule has 0 aromatic heterocycles. The van der Waals surface area contributed by atoms with Crippen molar-refractivity contribution in [3.8, 4) is 0 Å². The minimum atomic E-state index is 0.465. The zero-order valence-electron chi connectivity index (χ0n) is 9.79. The molecule has 1 atom stereocenters. The van der Waals surface area contributed by atoms with Crippen molar-refractivity contribution >= 4 is 6.29 Å². The van der Waals surface area contributed by atoms with Gasteiger partial charge in [0.25, 0.3) is 0 Å². The molecule has 1 N–H and O–H groups in total. The third-order valence-electron chi connectivity index (χ3n) is 1.47. The number of nitrogens with one attached hydrogen (secondary N) is 1. The first-order chi connectivity index (χ1) is 6.85. The fraction of sp³-hybridized carbons (Fsp3) is 0.583. The molecule has 0 aromatic rings. The number of aldehydes is 1. The highest BCUT2D eigenvalue weighted by molar-refractivity contribution is 5.50. The third-order valence-corrected chi connectivity index (χ3v) is 1.47.